The summed E-state index contributed by atoms with van der Waals surface area (Å²) in [7, 11) is -20.4. The van der Waals surface area contributed by atoms with Crippen molar-refractivity contribution in [2.45, 2.75) is 40.0 Å². The number of aryl methyl sites for hydroxylation is 2. The largest absolute Gasteiger partial charge is 0.412 e. The molecule has 48 heavy (non-hydrogen) atoms. The number of hydrogen-bond donors (Lipinski definition) is 12. The normalized spacial score (nSPS) is 12.6. The van der Waals surface area contributed by atoms with Crippen LogP contribution in [0, 0.1) is 13.8 Å². The van der Waals surface area contributed by atoms with Crippen LogP contribution >= 0.6 is 0 Å². The van der Waals surface area contributed by atoms with Crippen molar-refractivity contribution >= 4 is 74.0 Å². The van der Waals surface area contributed by atoms with Gasteiger partial charge < -0.3 is 27.6 Å². The maximum Gasteiger partial charge on any atom is 0.394 e. The summed E-state index contributed by atoms with van der Waals surface area (Å²) in [5.41, 5.74) is 16.4. The Kier molecular flexibility index (Phi) is 23.6. The first-order valence-corrected chi connectivity index (χ1v) is 19.8. The van der Waals surface area contributed by atoms with Crippen molar-refractivity contribution in [1.29, 1.82) is 0 Å². The van der Waals surface area contributed by atoms with Crippen molar-refractivity contribution in [1.82, 2.24) is 9.44 Å². The summed E-state index contributed by atoms with van der Waals surface area (Å²) in [6, 6.07) is 10.9. The Labute approximate surface area is 279 Å². The summed E-state index contributed by atoms with van der Waals surface area (Å²) in [5, 5.41) is 6.04. The lowest BCUT2D eigenvalue weighted by Crippen LogP contribution is -2.37. The maximum atomic E-state index is 11.0. The first kappa shape index (κ1) is 51.9. The highest BCUT2D eigenvalue weighted by molar-refractivity contribution is 7.89. The van der Waals surface area contributed by atoms with E-state index in [2.05, 4.69) is 20.1 Å². The highest BCUT2D eigenvalue weighted by Crippen LogP contribution is 2.17. The van der Waals surface area contributed by atoms with Crippen LogP contribution in [0.3, 0.4) is 0 Å². The van der Waals surface area contributed by atoms with Crippen molar-refractivity contribution in [2.24, 2.45) is 0 Å². The number of anilines is 4. The van der Waals surface area contributed by atoms with Crippen molar-refractivity contribution in [3.8, 4) is 0 Å². The van der Waals surface area contributed by atoms with E-state index in [1.54, 1.807) is 26.0 Å². The summed E-state index contributed by atoms with van der Waals surface area (Å²) in [4.78, 5) is 0. The first-order valence-electron chi connectivity index (χ1n) is 11.8. The fraction of sp³-hybridized carbons (Fsp3) is 0.400. The van der Waals surface area contributed by atoms with Crippen LogP contribution in [0.4, 0.5) is 22.7 Å². The molecule has 0 amide bonds. The predicted molar refractivity (Wildman–Crippen MR) is 179 cm³/mol. The van der Waals surface area contributed by atoms with Crippen LogP contribution in [-0.2, 0) is 51.2 Å². The second-order valence-electron chi connectivity index (χ2n) is 9.00. The lowest BCUT2D eigenvalue weighted by molar-refractivity contribution is 0.378. The fourth-order valence-electron chi connectivity index (χ4n) is 2.73. The molecule has 2 atom stereocenters. The Balaban J connectivity index is -0.000000281. The Morgan fingerprint density at radius 1 is 0.542 bits per heavy atom. The van der Waals surface area contributed by atoms with E-state index in [0.29, 0.717) is 11.4 Å². The third-order valence-corrected chi connectivity index (χ3v) is 5.65. The van der Waals surface area contributed by atoms with Crippen LogP contribution < -0.4 is 31.5 Å². The number of benzene rings is 2. The molecule has 23 nitrogen and oxygen atoms in total. The molecule has 2 aromatic rings. The molecule has 28 heteroatoms. The monoisotopic (exact) mass is 798 g/mol. The smallest absolute Gasteiger partial charge is 0.394 e. The zero-order valence-electron chi connectivity index (χ0n) is 26.1. The van der Waals surface area contributed by atoms with Gasteiger partial charge in [0.2, 0.25) is 20.0 Å². The molecule has 0 saturated heterocycles. The highest BCUT2D eigenvalue weighted by Gasteiger charge is 2.09. The van der Waals surface area contributed by atoms with Gasteiger partial charge in [-0.05, 0) is 75.2 Å². The van der Waals surface area contributed by atoms with E-state index >= 15 is 0 Å². The van der Waals surface area contributed by atoms with Crippen molar-refractivity contribution in [3.05, 3.63) is 47.5 Å². The van der Waals surface area contributed by atoms with Gasteiger partial charge in [-0.1, -0.05) is 0 Å². The Hall–Kier alpha value is -2.97. The molecular weight excluding hydrogens is 757 g/mol. The third kappa shape index (κ3) is 45.2. The second kappa shape index (κ2) is 21.9. The Morgan fingerprint density at radius 2 is 0.750 bits per heavy atom. The first-order chi connectivity index (χ1) is 20.6. The van der Waals surface area contributed by atoms with Crippen LogP contribution in [0.5, 0.6) is 0 Å². The van der Waals surface area contributed by atoms with E-state index in [4.69, 9.17) is 64.0 Å². The van der Waals surface area contributed by atoms with Gasteiger partial charge in [0.25, 0.3) is 0 Å². The van der Waals surface area contributed by atoms with Gasteiger partial charge in [0.05, 0.1) is 24.8 Å². The molecule has 284 valence electrons. The summed E-state index contributed by atoms with van der Waals surface area (Å²) in [5.74, 6) is 0. The van der Waals surface area contributed by atoms with E-state index in [0.717, 1.165) is 35.0 Å². The van der Waals surface area contributed by atoms with Crippen LogP contribution in [0.2, 0.25) is 0 Å². The molecule has 0 saturated carbocycles. The van der Waals surface area contributed by atoms with E-state index in [9.17, 15) is 16.8 Å². The van der Waals surface area contributed by atoms with Crippen LogP contribution in [-0.4, -0.2) is 99.7 Å². The topological polar surface area (TPSA) is 424 Å². The molecule has 0 aliphatic heterocycles. The zero-order chi connectivity index (χ0) is 38.2. The average molecular weight is 799 g/mol. The number of rotatable bonds is 8. The van der Waals surface area contributed by atoms with Crippen LogP contribution in [0.15, 0.2) is 36.4 Å². The fourth-order valence-corrected chi connectivity index (χ4v) is 4.13. The molecule has 2 aromatic carbocycles. The SMILES string of the molecule is Cc1cc(NC(C)NS(C)(=O)=O)ccc1N.Cc1cc(NC(C)NS(C)(=O)=O)ccc1N.O.O=S(=O)(O)O.O=S(=O)(O)O.O=S(=O)(O)O. The maximum absolute atomic E-state index is 11.0. The van der Waals surface area contributed by atoms with Crippen molar-refractivity contribution < 1.29 is 74.9 Å². The molecule has 0 bridgehead atoms. The molecule has 0 spiro atoms. The Morgan fingerprint density at radius 3 is 0.917 bits per heavy atom. The lowest BCUT2D eigenvalue weighted by Gasteiger charge is -2.16. The molecular formula is C20H42N6O17S5. The lowest BCUT2D eigenvalue weighted by atomic mass is 10.2. The molecule has 0 aliphatic carbocycles. The van der Waals surface area contributed by atoms with Gasteiger partial charge in [0.15, 0.2) is 0 Å². The minimum absolute atomic E-state index is 0. The van der Waals surface area contributed by atoms with Gasteiger partial charge in [-0.25, -0.2) is 16.8 Å². The number of nitrogen functional groups attached to an aromatic ring is 2. The molecule has 2 unspecified atom stereocenters. The number of nitrogens with two attached hydrogens (primary N) is 2. The molecule has 0 aliphatic rings. The molecule has 0 heterocycles. The standard InChI is InChI=1S/2C10H17N3O2S.3H2O4S.H2O/c2*1-7-6-9(4-5-10(7)11)12-8(2)13-16(3,14)15;3*1-5(2,3)4;/h2*4-6,8,12-13H,11H2,1-3H3;3*(H2,1,2,3,4);1H2. The number of sulfonamides is 2. The minimum Gasteiger partial charge on any atom is -0.412 e. The summed E-state index contributed by atoms with van der Waals surface area (Å²) >= 11 is 0. The average Bonchev–Trinajstić information content (AvgIpc) is 2.73. The quantitative estimate of drug-likeness (QED) is 0.0864. The van der Waals surface area contributed by atoms with E-state index in [1.165, 1.54) is 0 Å². The zero-order valence-corrected chi connectivity index (χ0v) is 30.2. The molecule has 16 N–H and O–H groups in total. The summed E-state index contributed by atoms with van der Waals surface area (Å²) in [6.07, 6.45) is 1.52. The molecule has 0 aromatic heterocycles. The summed E-state index contributed by atoms with van der Waals surface area (Å²) < 4.78 is 144. The molecule has 0 radical (unpaired) electrons. The second-order valence-corrected chi connectivity index (χ2v) is 15.2. The third-order valence-electron chi connectivity index (χ3n) is 4.09. The molecule has 0 fully saturated rings. The molecule has 2 rings (SSSR count). The van der Waals surface area contributed by atoms with Gasteiger partial charge >= 0.3 is 31.2 Å². The van der Waals surface area contributed by atoms with Crippen molar-refractivity contribution in [3.63, 3.8) is 0 Å². The Bertz CT molecular complexity index is 1640. The van der Waals surface area contributed by atoms with Gasteiger partial charge in [0.1, 0.15) is 0 Å². The van der Waals surface area contributed by atoms with E-state index < -0.39 is 51.2 Å². The highest BCUT2D eigenvalue weighted by atomic mass is 32.3. The minimum atomic E-state index is -4.67. The predicted octanol–water partition coefficient (Wildman–Crippen LogP) is -1.01. The van der Waals surface area contributed by atoms with Gasteiger partial charge in [-0.3, -0.25) is 27.3 Å². The number of hydrogen-bond acceptors (Lipinski definition) is 14. The van der Waals surface area contributed by atoms with E-state index in [-0.39, 0.29) is 17.8 Å². The van der Waals surface area contributed by atoms with Crippen LogP contribution in [0.25, 0.3) is 0 Å². The van der Waals surface area contributed by atoms with E-state index in [1.807, 2.05) is 38.1 Å². The number of nitrogens with one attached hydrogen (secondary N) is 4. The van der Waals surface area contributed by atoms with Crippen LogP contribution in [0.1, 0.15) is 25.0 Å². The van der Waals surface area contributed by atoms with Gasteiger partial charge in [-0.2, -0.15) is 34.7 Å². The van der Waals surface area contributed by atoms with Gasteiger partial charge in [-0.15, -0.1) is 0 Å². The van der Waals surface area contributed by atoms with Gasteiger partial charge in [0, 0.05) is 22.7 Å². The summed E-state index contributed by atoms with van der Waals surface area (Å²) in [6.45, 7) is 7.25. The van der Waals surface area contributed by atoms with Crippen molar-refractivity contribution in [2.75, 3.05) is 34.6 Å².